The maximum absolute atomic E-state index is 13.2. The summed E-state index contributed by atoms with van der Waals surface area (Å²) in [6.07, 6.45) is 2.29. The van der Waals surface area contributed by atoms with Crippen molar-refractivity contribution in [2.45, 2.75) is 39.7 Å². The molecule has 0 amide bonds. The summed E-state index contributed by atoms with van der Waals surface area (Å²) in [7, 11) is -3.41. The Hall–Kier alpha value is -1.24. The predicted octanol–water partition coefficient (Wildman–Crippen LogP) is 1.11. The highest BCUT2D eigenvalue weighted by atomic mass is 32.2. The van der Waals surface area contributed by atoms with Crippen LogP contribution in [-0.2, 0) is 21.4 Å². The summed E-state index contributed by atoms with van der Waals surface area (Å²) in [6, 6.07) is 10.4. The number of ketones is 1. The number of sulfonamides is 1. The summed E-state index contributed by atoms with van der Waals surface area (Å²) < 4.78 is 28.0. The van der Waals surface area contributed by atoms with Crippen molar-refractivity contribution in [2.75, 3.05) is 31.9 Å². The second-order valence-electron chi connectivity index (χ2n) is 9.23. The highest BCUT2D eigenvalue weighted by Crippen LogP contribution is 2.64. The van der Waals surface area contributed by atoms with E-state index in [0.29, 0.717) is 25.4 Å². The fraction of sp³-hybridized carbons (Fsp3) is 0.667. The van der Waals surface area contributed by atoms with Gasteiger partial charge in [0.05, 0.1) is 31.9 Å². The Balaban J connectivity index is 1.41. The van der Waals surface area contributed by atoms with Gasteiger partial charge in [0, 0.05) is 17.4 Å². The second-order valence-corrected chi connectivity index (χ2v) is 11.2. The normalized spacial score (nSPS) is 31.5. The lowest BCUT2D eigenvalue weighted by Crippen LogP contribution is -3.13. The van der Waals surface area contributed by atoms with Gasteiger partial charge in [0.2, 0.25) is 10.0 Å². The van der Waals surface area contributed by atoms with E-state index in [0.717, 1.165) is 32.5 Å². The molecule has 4 rings (SSSR count). The van der Waals surface area contributed by atoms with Crippen LogP contribution >= 0.6 is 0 Å². The molecule has 1 aromatic carbocycles. The fourth-order valence-electron chi connectivity index (χ4n) is 5.65. The molecule has 2 bridgehead atoms. The van der Waals surface area contributed by atoms with E-state index >= 15 is 0 Å². The molecule has 2 atom stereocenters. The Labute approximate surface area is 162 Å². The molecule has 1 heterocycles. The zero-order chi connectivity index (χ0) is 19.3. The number of benzene rings is 1. The van der Waals surface area contributed by atoms with Gasteiger partial charge in [-0.15, -0.1) is 0 Å². The third kappa shape index (κ3) is 3.15. The largest absolute Gasteiger partial charge is 0.329 e. The first-order valence-electron chi connectivity index (χ1n) is 10.1. The highest BCUT2D eigenvalue weighted by molar-refractivity contribution is 7.89. The van der Waals surface area contributed by atoms with E-state index in [4.69, 9.17) is 0 Å². The van der Waals surface area contributed by atoms with E-state index in [1.807, 2.05) is 18.2 Å². The third-order valence-corrected chi connectivity index (χ3v) is 9.70. The van der Waals surface area contributed by atoms with Gasteiger partial charge in [-0.3, -0.25) is 4.79 Å². The molecule has 3 aliphatic rings. The van der Waals surface area contributed by atoms with E-state index in [1.54, 1.807) is 4.31 Å². The minimum absolute atomic E-state index is 0.0103. The molecule has 5 nitrogen and oxygen atoms in total. The Bertz CT molecular complexity index is 813. The van der Waals surface area contributed by atoms with Gasteiger partial charge >= 0.3 is 0 Å². The van der Waals surface area contributed by atoms with Gasteiger partial charge in [0.1, 0.15) is 12.3 Å². The predicted molar refractivity (Wildman–Crippen MR) is 105 cm³/mol. The van der Waals surface area contributed by atoms with Crippen LogP contribution in [0.3, 0.4) is 0 Å². The smallest absolute Gasteiger partial charge is 0.215 e. The zero-order valence-corrected chi connectivity index (χ0v) is 17.2. The Kier molecular flexibility index (Phi) is 4.72. The summed E-state index contributed by atoms with van der Waals surface area (Å²) in [5.41, 5.74) is 0.431. The van der Waals surface area contributed by atoms with Crippen LogP contribution in [0, 0.1) is 16.7 Å². The van der Waals surface area contributed by atoms with Gasteiger partial charge in [-0.05, 0) is 24.2 Å². The molecule has 0 unspecified atom stereocenters. The van der Waals surface area contributed by atoms with Gasteiger partial charge in [-0.25, -0.2) is 8.42 Å². The lowest BCUT2D eigenvalue weighted by Gasteiger charge is -2.39. The molecule has 1 aliphatic heterocycles. The Morgan fingerprint density at radius 1 is 1.15 bits per heavy atom. The number of piperazine rings is 1. The Morgan fingerprint density at radius 3 is 2.37 bits per heavy atom. The van der Waals surface area contributed by atoms with Crippen LogP contribution in [-0.4, -0.2) is 50.4 Å². The summed E-state index contributed by atoms with van der Waals surface area (Å²) in [5.74, 6) is 0.545. The first-order chi connectivity index (χ1) is 12.7. The van der Waals surface area contributed by atoms with E-state index in [2.05, 4.69) is 26.0 Å². The summed E-state index contributed by atoms with van der Waals surface area (Å²) in [4.78, 5) is 14.1. The lowest BCUT2D eigenvalue weighted by atomic mass is 9.70. The molecule has 1 N–H and O–H groups in total. The molecule has 1 saturated heterocycles. The van der Waals surface area contributed by atoms with Gasteiger partial charge in [-0.2, -0.15) is 4.31 Å². The average Bonchev–Trinajstić information content (AvgIpc) is 2.97. The molecule has 148 valence electrons. The van der Waals surface area contributed by atoms with Crippen LogP contribution in [0.5, 0.6) is 0 Å². The molecule has 0 aromatic heterocycles. The summed E-state index contributed by atoms with van der Waals surface area (Å²) in [5, 5.41) is 0. The molecule has 0 radical (unpaired) electrons. The number of Topliss-reactive ketones (excluding diaryl/α,β-unsaturated/α-hetero) is 1. The van der Waals surface area contributed by atoms with Gasteiger partial charge in [0.25, 0.3) is 0 Å². The average molecular weight is 392 g/mol. The van der Waals surface area contributed by atoms with Crippen molar-refractivity contribution < 1.29 is 18.1 Å². The fourth-order valence-corrected chi connectivity index (χ4v) is 7.87. The summed E-state index contributed by atoms with van der Waals surface area (Å²) in [6.45, 7) is 7.89. The van der Waals surface area contributed by atoms with Crippen LogP contribution in [0.15, 0.2) is 30.3 Å². The van der Waals surface area contributed by atoms with E-state index in [-0.39, 0.29) is 17.0 Å². The topological polar surface area (TPSA) is 58.9 Å². The SMILES string of the molecule is CC1(C)[C@H]2CC[C@@]1(CS(=O)(=O)N1CC[NH+](Cc3ccccc3)CC1)C(=O)C2. The van der Waals surface area contributed by atoms with E-state index in [9.17, 15) is 13.2 Å². The molecule has 2 aliphatic carbocycles. The number of hydrogen-bond acceptors (Lipinski definition) is 3. The van der Waals surface area contributed by atoms with Crippen LogP contribution < -0.4 is 4.90 Å². The van der Waals surface area contributed by atoms with Crippen LogP contribution in [0.2, 0.25) is 0 Å². The highest BCUT2D eigenvalue weighted by Gasteiger charge is 2.65. The monoisotopic (exact) mass is 391 g/mol. The number of carbonyl (C=O) groups is 1. The maximum Gasteiger partial charge on any atom is 0.215 e. The Morgan fingerprint density at radius 2 is 1.81 bits per heavy atom. The van der Waals surface area contributed by atoms with E-state index in [1.165, 1.54) is 10.5 Å². The number of fused-ring (bicyclic) bond motifs is 2. The van der Waals surface area contributed by atoms with Gasteiger partial charge in [-0.1, -0.05) is 44.2 Å². The quantitative estimate of drug-likeness (QED) is 0.818. The second kappa shape index (κ2) is 6.68. The number of nitrogens with zero attached hydrogens (tertiary/aromatic N) is 1. The molecule has 0 spiro atoms. The van der Waals surface area contributed by atoms with Crippen LogP contribution in [0.4, 0.5) is 0 Å². The third-order valence-electron chi connectivity index (χ3n) is 7.69. The molecule has 1 aromatic rings. The molecule has 2 saturated carbocycles. The number of hydrogen-bond donors (Lipinski definition) is 1. The minimum Gasteiger partial charge on any atom is -0.329 e. The molecule has 3 fully saturated rings. The number of quaternary nitrogens is 1. The van der Waals surface area contributed by atoms with Gasteiger partial charge in [0.15, 0.2) is 0 Å². The molecule has 27 heavy (non-hydrogen) atoms. The van der Waals surface area contributed by atoms with Crippen molar-refractivity contribution in [1.29, 1.82) is 0 Å². The van der Waals surface area contributed by atoms with Crippen molar-refractivity contribution in [3.63, 3.8) is 0 Å². The van der Waals surface area contributed by atoms with Crippen molar-refractivity contribution in [1.82, 2.24) is 4.31 Å². The standard InChI is InChI=1S/C21H30N2O3S/c1-20(2)18-8-9-21(20,19(24)14-18)16-27(25,26)23-12-10-22(11-13-23)15-17-6-4-3-5-7-17/h3-7,18H,8-16H2,1-2H3/p+1/t18-,21+/m0/s1. The molecular formula is C21H31N2O3S+. The minimum atomic E-state index is -3.41. The number of carbonyl (C=O) groups excluding carboxylic acids is 1. The number of rotatable bonds is 5. The number of nitrogens with one attached hydrogen (secondary N) is 1. The zero-order valence-electron chi connectivity index (χ0n) is 16.4. The first-order valence-corrected chi connectivity index (χ1v) is 11.7. The molecular weight excluding hydrogens is 360 g/mol. The van der Waals surface area contributed by atoms with Crippen molar-refractivity contribution in [3.05, 3.63) is 35.9 Å². The van der Waals surface area contributed by atoms with Crippen LogP contribution in [0.1, 0.15) is 38.7 Å². The van der Waals surface area contributed by atoms with E-state index < -0.39 is 15.4 Å². The van der Waals surface area contributed by atoms with Crippen molar-refractivity contribution in [2.24, 2.45) is 16.7 Å². The van der Waals surface area contributed by atoms with Crippen LogP contribution in [0.25, 0.3) is 0 Å². The van der Waals surface area contributed by atoms with Crippen molar-refractivity contribution >= 4 is 15.8 Å². The summed E-state index contributed by atoms with van der Waals surface area (Å²) >= 11 is 0. The molecule has 6 heteroatoms. The van der Waals surface area contributed by atoms with Crippen molar-refractivity contribution in [3.8, 4) is 0 Å². The first kappa shape index (κ1) is 19.1. The maximum atomic E-state index is 13.2. The lowest BCUT2D eigenvalue weighted by molar-refractivity contribution is -0.917. The van der Waals surface area contributed by atoms with Gasteiger partial charge < -0.3 is 4.90 Å².